The van der Waals surface area contributed by atoms with E-state index >= 15 is 0 Å². The average molecular weight is 454 g/mol. The first-order chi connectivity index (χ1) is 15.5. The third kappa shape index (κ3) is 5.16. The van der Waals surface area contributed by atoms with Crippen molar-refractivity contribution in [3.05, 3.63) is 132 Å². The maximum Gasteiger partial charge on any atom is 0.0409 e. The number of rotatable bonds is 7. The smallest absolute Gasteiger partial charge is 0.0409 e. The van der Waals surface area contributed by atoms with Gasteiger partial charge in [0.05, 0.1) is 0 Å². The zero-order valence-corrected chi connectivity index (χ0v) is 19.5. The van der Waals surface area contributed by atoms with Crippen molar-refractivity contribution >= 4 is 46.4 Å². The molecule has 1 nitrogen and oxygen atoms in total. The van der Waals surface area contributed by atoms with Crippen LogP contribution < -0.4 is 4.90 Å². The molecule has 0 fully saturated rings. The molecule has 0 saturated carbocycles. The third-order valence-electron chi connectivity index (χ3n) is 5.31. The Kier molecular flexibility index (Phi) is 6.84. The summed E-state index contributed by atoms with van der Waals surface area (Å²) in [4.78, 5) is 4.51. The molecule has 0 aliphatic heterocycles. The lowest BCUT2D eigenvalue weighted by molar-refractivity contribution is 1.21. The van der Waals surface area contributed by atoms with Crippen LogP contribution in [-0.4, -0.2) is 7.05 Å². The van der Waals surface area contributed by atoms with Gasteiger partial charge in [0, 0.05) is 33.2 Å². The van der Waals surface area contributed by atoms with Gasteiger partial charge in [-0.05, 0) is 89.0 Å². The molecule has 4 rings (SSSR count). The number of halogens is 1. The summed E-state index contributed by atoms with van der Waals surface area (Å²) in [7, 11) is 2.05. The first-order valence-electron chi connectivity index (χ1n) is 10.3. The van der Waals surface area contributed by atoms with Crippen molar-refractivity contribution < 1.29 is 0 Å². The fourth-order valence-corrected chi connectivity index (χ4v) is 4.54. The summed E-state index contributed by atoms with van der Waals surface area (Å²) >= 11 is 7.76. The number of hydrogen-bond acceptors (Lipinski definition) is 2. The minimum absolute atomic E-state index is 0.736. The van der Waals surface area contributed by atoms with Crippen molar-refractivity contribution in [2.75, 3.05) is 11.9 Å². The maximum absolute atomic E-state index is 6.02. The standard InChI is InChI=1S/C29H24ClNS/c1-4-22-18-24(20-29(19-22)32-28-8-6-5-7-9-28)21(2)23-10-14-26(15-11-23)31(3)27-16-12-25(30)13-17-27/h4-20H,1-2H2,3H3. The Balaban J connectivity index is 1.57. The van der Waals surface area contributed by atoms with Crippen molar-refractivity contribution in [1.82, 2.24) is 0 Å². The molecule has 0 amide bonds. The van der Waals surface area contributed by atoms with Crippen LogP contribution in [0.1, 0.15) is 16.7 Å². The second kappa shape index (κ2) is 9.95. The number of hydrogen-bond donors (Lipinski definition) is 0. The largest absolute Gasteiger partial charge is 0.345 e. The third-order valence-corrected chi connectivity index (χ3v) is 6.54. The monoisotopic (exact) mass is 453 g/mol. The fraction of sp³-hybridized carbons (Fsp3) is 0.0345. The van der Waals surface area contributed by atoms with E-state index in [9.17, 15) is 0 Å². The van der Waals surface area contributed by atoms with Gasteiger partial charge in [0.2, 0.25) is 0 Å². The van der Waals surface area contributed by atoms with E-state index < -0.39 is 0 Å². The summed E-state index contributed by atoms with van der Waals surface area (Å²) in [5, 5.41) is 0.736. The van der Waals surface area contributed by atoms with Gasteiger partial charge < -0.3 is 4.90 Å². The highest BCUT2D eigenvalue weighted by Gasteiger charge is 2.09. The Hall–Kier alpha value is -3.20. The Labute approximate surface area is 199 Å². The molecule has 0 aromatic heterocycles. The van der Waals surface area contributed by atoms with E-state index in [1.807, 2.05) is 43.5 Å². The second-order valence-corrected chi connectivity index (χ2v) is 9.05. The molecular weight excluding hydrogens is 430 g/mol. The van der Waals surface area contributed by atoms with Crippen LogP contribution in [0.15, 0.2) is 120 Å². The topological polar surface area (TPSA) is 3.24 Å². The Morgan fingerprint density at radius 1 is 0.781 bits per heavy atom. The van der Waals surface area contributed by atoms with Crippen LogP contribution in [0.4, 0.5) is 11.4 Å². The van der Waals surface area contributed by atoms with Crippen molar-refractivity contribution in [3.63, 3.8) is 0 Å². The van der Waals surface area contributed by atoms with Gasteiger partial charge in [-0.15, -0.1) is 0 Å². The number of nitrogens with zero attached hydrogens (tertiary/aromatic N) is 1. The van der Waals surface area contributed by atoms with E-state index in [0.717, 1.165) is 38.7 Å². The summed E-state index contributed by atoms with van der Waals surface area (Å²) in [6.07, 6.45) is 1.88. The van der Waals surface area contributed by atoms with Crippen LogP contribution >= 0.6 is 23.4 Å². The highest BCUT2D eigenvalue weighted by molar-refractivity contribution is 7.99. The minimum atomic E-state index is 0.736. The zero-order chi connectivity index (χ0) is 22.5. The molecule has 3 heteroatoms. The zero-order valence-electron chi connectivity index (χ0n) is 18.0. The van der Waals surface area contributed by atoms with E-state index in [4.69, 9.17) is 11.6 Å². The van der Waals surface area contributed by atoms with Crippen molar-refractivity contribution in [2.45, 2.75) is 9.79 Å². The Morgan fingerprint density at radius 2 is 1.41 bits per heavy atom. The van der Waals surface area contributed by atoms with Crippen LogP contribution in [0.5, 0.6) is 0 Å². The molecule has 0 aliphatic rings. The van der Waals surface area contributed by atoms with Crippen LogP contribution in [0.2, 0.25) is 5.02 Å². The first-order valence-corrected chi connectivity index (χ1v) is 11.5. The summed E-state index contributed by atoms with van der Waals surface area (Å²) in [6.45, 7) is 8.35. The fourth-order valence-electron chi connectivity index (χ4n) is 3.46. The summed E-state index contributed by atoms with van der Waals surface area (Å²) in [5.41, 5.74) is 6.45. The first kappa shape index (κ1) is 22.0. The van der Waals surface area contributed by atoms with Gasteiger partial charge >= 0.3 is 0 Å². The molecule has 0 bridgehead atoms. The van der Waals surface area contributed by atoms with Crippen molar-refractivity contribution in [2.24, 2.45) is 0 Å². The molecule has 0 radical (unpaired) electrons. The lowest BCUT2D eigenvalue weighted by Crippen LogP contribution is -2.09. The summed E-state index contributed by atoms with van der Waals surface area (Å²) < 4.78 is 0. The molecule has 0 atom stereocenters. The maximum atomic E-state index is 6.02. The molecule has 0 spiro atoms. The van der Waals surface area contributed by atoms with Crippen LogP contribution in [0.25, 0.3) is 11.6 Å². The minimum Gasteiger partial charge on any atom is -0.345 e. The van der Waals surface area contributed by atoms with E-state index in [0.29, 0.717) is 0 Å². The second-order valence-electron chi connectivity index (χ2n) is 7.47. The van der Waals surface area contributed by atoms with Crippen LogP contribution in [-0.2, 0) is 0 Å². The molecule has 0 aliphatic carbocycles. The average Bonchev–Trinajstić information content (AvgIpc) is 2.84. The summed E-state index contributed by atoms with van der Waals surface area (Å²) in [6, 6.07) is 33.2. The molecular formula is C29H24ClNS. The van der Waals surface area contributed by atoms with E-state index in [-0.39, 0.29) is 0 Å². The van der Waals surface area contributed by atoms with Crippen LogP contribution in [0.3, 0.4) is 0 Å². The quantitative estimate of drug-likeness (QED) is 0.274. The van der Waals surface area contributed by atoms with Gasteiger partial charge in [-0.1, -0.05) is 72.9 Å². The van der Waals surface area contributed by atoms with Crippen molar-refractivity contribution in [3.8, 4) is 0 Å². The summed E-state index contributed by atoms with van der Waals surface area (Å²) in [5.74, 6) is 0. The highest BCUT2D eigenvalue weighted by Crippen LogP contribution is 2.33. The van der Waals surface area contributed by atoms with E-state index in [1.165, 1.54) is 9.79 Å². The predicted molar refractivity (Wildman–Crippen MR) is 141 cm³/mol. The van der Waals surface area contributed by atoms with Gasteiger partial charge in [-0.25, -0.2) is 0 Å². The van der Waals surface area contributed by atoms with Gasteiger partial charge in [-0.2, -0.15) is 0 Å². The number of benzene rings is 4. The van der Waals surface area contributed by atoms with Gasteiger partial charge in [-0.3, -0.25) is 0 Å². The lowest BCUT2D eigenvalue weighted by atomic mass is 9.97. The molecule has 0 heterocycles. The van der Waals surface area contributed by atoms with Gasteiger partial charge in [0.15, 0.2) is 0 Å². The normalized spacial score (nSPS) is 10.6. The molecule has 0 N–H and O–H groups in total. The Morgan fingerprint density at radius 3 is 2.03 bits per heavy atom. The predicted octanol–water partition coefficient (Wildman–Crippen LogP) is 8.96. The molecule has 32 heavy (non-hydrogen) atoms. The van der Waals surface area contributed by atoms with E-state index in [1.54, 1.807) is 11.8 Å². The molecule has 4 aromatic rings. The number of anilines is 2. The molecule has 0 saturated heterocycles. The highest BCUT2D eigenvalue weighted by atomic mass is 35.5. The van der Waals surface area contributed by atoms with Gasteiger partial charge in [0.25, 0.3) is 0 Å². The lowest BCUT2D eigenvalue weighted by Gasteiger charge is -2.20. The van der Waals surface area contributed by atoms with E-state index in [2.05, 4.69) is 84.8 Å². The van der Waals surface area contributed by atoms with Crippen LogP contribution in [0, 0.1) is 0 Å². The SMILES string of the molecule is C=Cc1cc(Sc2ccccc2)cc(C(=C)c2ccc(N(C)c3ccc(Cl)cc3)cc2)c1. The molecule has 0 unspecified atom stereocenters. The molecule has 4 aromatic carbocycles. The van der Waals surface area contributed by atoms with Crippen molar-refractivity contribution in [1.29, 1.82) is 0 Å². The van der Waals surface area contributed by atoms with Gasteiger partial charge in [0.1, 0.15) is 0 Å². The Bertz CT molecular complexity index is 1230. The molecule has 158 valence electrons.